The molecule has 1 unspecified atom stereocenters. The van der Waals surface area contributed by atoms with Gasteiger partial charge in [-0.15, -0.1) is 11.8 Å². The molecule has 0 saturated heterocycles. The van der Waals surface area contributed by atoms with Gasteiger partial charge >= 0.3 is 0 Å². The third kappa shape index (κ3) is 4.52. The summed E-state index contributed by atoms with van der Waals surface area (Å²) in [6.07, 6.45) is 1.01. The highest BCUT2D eigenvalue weighted by Crippen LogP contribution is 2.24. The van der Waals surface area contributed by atoms with E-state index in [2.05, 4.69) is 6.92 Å². The van der Waals surface area contributed by atoms with Crippen LogP contribution in [-0.2, 0) is 6.42 Å². The van der Waals surface area contributed by atoms with E-state index in [0.29, 0.717) is 17.4 Å². The van der Waals surface area contributed by atoms with Crippen LogP contribution in [0.1, 0.15) is 12.5 Å². The normalized spacial score (nSPS) is 12.3. The van der Waals surface area contributed by atoms with Crippen molar-refractivity contribution in [3.05, 3.63) is 54.1 Å². The van der Waals surface area contributed by atoms with Gasteiger partial charge in [-0.2, -0.15) is 0 Å². The molecule has 1 atom stereocenters. The summed E-state index contributed by atoms with van der Waals surface area (Å²) in [6.45, 7) is 2.22. The zero-order valence-electron chi connectivity index (χ0n) is 10.9. The SMILES string of the molecule is CC(CSc1ccc(O)cc1)Cc1ccc(O)cc1. The van der Waals surface area contributed by atoms with Gasteiger partial charge in [0.15, 0.2) is 0 Å². The molecule has 3 heteroatoms. The maximum atomic E-state index is 9.24. The number of thioether (sulfide) groups is 1. The van der Waals surface area contributed by atoms with Crippen LogP contribution in [0, 0.1) is 5.92 Å². The molecule has 0 spiro atoms. The van der Waals surface area contributed by atoms with Crippen LogP contribution >= 0.6 is 11.8 Å². The third-order valence-corrected chi connectivity index (χ3v) is 4.23. The lowest BCUT2D eigenvalue weighted by molar-refractivity contribution is 0.474. The largest absolute Gasteiger partial charge is 0.508 e. The van der Waals surface area contributed by atoms with Crippen molar-refractivity contribution >= 4 is 11.8 Å². The van der Waals surface area contributed by atoms with E-state index in [-0.39, 0.29) is 0 Å². The minimum absolute atomic E-state index is 0.307. The van der Waals surface area contributed by atoms with Gasteiger partial charge in [0.2, 0.25) is 0 Å². The fourth-order valence-electron chi connectivity index (χ4n) is 1.87. The first-order valence-corrected chi connectivity index (χ1v) is 7.32. The average Bonchev–Trinajstić information content (AvgIpc) is 2.41. The summed E-state index contributed by atoms with van der Waals surface area (Å²) in [5, 5.41) is 18.5. The number of benzene rings is 2. The summed E-state index contributed by atoms with van der Waals surface area (Å²) in [5.74, 6) is 2.21. The molecule has 0 saturated carbocycles. The highest BCUT2D eigenvalue weighted by Gasteiger charge is 2.05. The summed E-state index contributed by atoms with van der Waals surface area (Å²) >= 11 is 1.80. The molecule has 100 valence electrons. The highest BCUT2D eigenvalue weighted by atomic mass is 32.2. The lowest BCUT2D eigenvalue weighted by Gasteiger charge is -2.11. The lowest BCUT2D eigenvalue weighted by Crippen LogP contribution is -2.02. The standard InChI is InChI=1S/C16H18O2S/c1-12(10-13-2-4-14(17)5-3-13)11-19-16-8-6-15(18)7-9-16/h2-9,12,17-18H,10-11H2,1H3. The van der Waals surface area contributed by atoms with Crippen molar-refractivity contribution in [2.45, 2.75) is 18.2 Å². The van der Waals surface area contributed by atoms with E-state index in [9.17, 15) is 10.2 Å². The number of aromatic hydroxyl groups is 2. The van der Waals surface area contributed by atoms with Gasteiger partial charge in [0.25, 0.3) is 0 Å². The Morgan fingerprint density at radius 3 is 2.00 bits per heavy atom. The van der Waals surface area contributed by atoms with Crippen LogP contribution in [0.25, 0.3) is 0 Å². The number of phenols is 2. The Morgan fingerprint density at radius 1 is 0.895 bits per heavy atom. The fourth-order valence-corrected chi connectivity index (χ4v) is 2.80. The van der Waals surface area contributed by atoms with Gasteiger partial charge in [0, 0.05) is 10.6 Å². The highest BCUT2D eigenvalue weighted by molar-refractivity contribution is 7.99. The molecular formula is C16H18O2S. The van der Waals surface area contributed by atoms with Gasteiger partial charge in [-0.1, -0.05) is 19.1 Å². The zero-order chi connectivity index (χ0) is 13.7. The van der Waals surface area contributed by atoms with Crippen LogP contribution in [0.15, 0.2) is 53.4 Å². The predicted octanol–water partition coefficient (Wildman–Crippen LogP) is 4.07. The minimum Gasteiger partial charge on any atom is -0.508 e. The Bertz CT molecular complexity index is 505. The molecule has 0 amide bonds. The first kappa shape index (κ1) is 13.8. The van der Waals surface area contributed by atoms with Crippen LogP contribution in [0.4, 0.5) is 0 Å². The molecule has 0 heterocycles. The molecule has 0 aliphatic heterocycles. The second-order valence-electron chi connectivity index (χ2n) is 4.78. The topological polar surface area (TPSA) is 40.5 Å². The van der Waals surface area contributed by atoms with Crippen molar-refractivity contribution < 1.29 is 10.2 Å². The van der Waals surface area contributed by atoms with E-state index in [4.69, 9.17) is 0 Å². The Labute approximate surface area is 118 Å². The van der Waals surface area contributed by atoms with Crippen molar-refractivity contribution in [3.63, 3.8) is 0 Å². The van der Waals surface area contributed by atoms with E-state index < -0.39 is 0 Å². The molecule has 2 N–H and O–H groups in total. The van der Waals surface area contributed by atoms with Crippen molar-refractivity contribution in [1.82, 2.24) is 0 Å². The average molecular weight is 274 g/mol. The van der Waals surface area contributed by atoms with Crippen molar-refractivity contribution in [1.29, 1.82) is 0 Å². The molecule has 2 nitrogen and oxygen atoms in total. The Balaban J connectivity index is 1.82. The Morgan fingerprint density at radius 2 is 1.42 bits per heavy atom. The fraction of sp³-hybridized carbons (Fsp3) is 0.250. The van der Waals surface area contributed by atoms with E-state index in [1.807, 2.05) is 24.3 Å². The van der Waals surface area contributed by atoms with Gasteiger partial charge < -0.3 is 10.2 Å². The van der Waals surface area contributed by atoms with Gasteiger partial charge in [0.05, 0.1) is 0 Å². The minimum atomic E-state index is 0.307. The van der Waals surface area contributed by atoms with Gasteiger partial charge in [-0.3, -0.25) is 0 Å². The molecule has 0 fully saturated rings. The van der Waals surface area contributed by atoms with E-state index in [1.54, 1.807) is 36.0 Å². The molecule has 0 aliphatic rings. The van der Waals surface area contributed by atoms with Crippen LogP contribution in [0.5, 0.6) is 11.5 Å². The molecule has 0 aliphatic carbocycles. The van der Waals surface area contributed by atoms with Crippen molar-refractivity contribution in [2.75, 3.05) is 5.75 Å². The van der Waals surface area contributed by atoms with Crippen molar-refractivity contribution in [2.24, 2.45) is 5.92 Å². The molecular weight excluding hydrogens is 256 g/mol. The second-order valence-corrected chi connectivity index (χ2v) is 5.87. The summed E-state index contributed by atoms with van der Waals surface area (Å²) in [6, 6.07) is 14.7. The molecule has 19 heavy (non-hydrogen) atoms. The number of hydrogen-bond donors (Lipinski definition) is 2. The lowest BCUT2D eigenvalue weighted by atomic mass is 10.0. The summed E-state index contributed by atoms with van der Waals surface area (Å²) in [4.78, 5) is 1.18. The Kier molecular flexibility index (Phi) is 4.74. The third-order valence-electron chi connectivity index (χ3n) is 2.89. The van der Waals surface area contributed by atoms with E-state index in [0.717, 1.165) is 12.2 Å². The molecule has 2 rings (SSSR count). The molecule has 2 aromatic rings. The molecule has 0 bridgehead atoms. The quantitative estimate of drug-likeness (QED) is 0.807. The van der Waals surface area contributed by atoms with Gasteiger partial charge in [0.1, 0.15) is 11.5 Å². The van der Waals surface area contributed by atoms with E-state index >= 15 is 0 Å². The summed E-state index contributed by atoms with van der Waals surface area (Å²) < 4.78 is 0. The zero-order valence-corrected chi connectivity index (χ0v) is 11.7. The molecule has 2 aromatic carbocycles. The summed E-state index contributed by atoms with van der Waals surface area (Å²) in [7, 11) is 0. The smallest absolute Gasteiger partial charge is 0.115 e. The van der Waals surface area contributed by atoms with Crippen LogP contribution in [0.3, 0.4) is 0 Å². The predicted molar refractivity (Wildman–Crippen MR) is 79.8 cm³/mol. The number of hydrogen-bond acceptors (Lipinski definition) is 3. The first-order chi connectivity index (χ1) is 9.13. The monoisotopic (exact) mass is 274 g/mol. The van der Waals surface area contributed by atoms with Gasteiger partial charge in [-0.05, 0) is 54.3 Å². The maximum absolute atomic E-state index is 9.24. The summed E-state index contributed by atoms with van der Waals surface area (Å²) in [5.41, 5.74) is 1.25. The van der Waals surface area contributed by atoms with Crippen LogP contribution in [-0.4, -0.2) is 16.0 Å². The maximum Gasteiger partial charge on any atom is 0.115 e. The van der Waals surface area contributed by atoms with Crippen molar-refractivity contribution in [3.8, 4) is 11.5 Å². The number of phenolic OH excluding ortho intramolecular Hbond substituents is 2. The Hall–Kier alpha value is -1.61. The molecule has 0 aromatic heterocycles. The first-order valence-electron chi connectivity index (χ1n) is 6.33. The number of rotatable bonds is 5. The van der Waals surface area contributed by atoms with Crippen LogP contribution in [0.2, 0.25) is 0 Å². The van der Waals surface area contributed by atoms with Gasteiger partial charge in [-0.25, -0.2) is 0 Å². The molecule has 0 radical (unpaired) electrons. The van der Waals surface area contributed by atoms with E-state index in [1.165, 1.54) is 10.5 Å². The van der Waals surface area contributed by atoms with Crippen LogP contribution < -0.4 is 0 Å². The second kappa shape index (κ2) is 6.53.